The van der Waals surface area contributed by atoms with Crippen LogP contribution in [0.15, 0.2) is 23.1 Å². The molecule has 0 aliphatic heterocycles. The smallest absolute Gasteiger partial charge is 0.339 e. The minimum absolute atomic E-state index is 0.0106. The van der Waals surface area contributed by atoms with Gasteiger partial charge in [-0.05, 0) is 38.8 Å². The van der Waals surface area contributed by atoms with Crippen molar-refractivity contribution in [3.63, 3.8) is 0 Å². The van der Waals surface area contributed by atoms with Crippen LogP contribution in [0.1, 0.15) is 49.4 Å². The van der Waals surface area contributed by atoms with Gasteiger partial charge in [0.15, 0.2) is 5.75 Å². The fraction of sp³-hybridized carbons (Fsp3) is 0.444. The van der Waals surface area contributed by atoms with Gasteiger partial charge in [-0.2, -0.15) is 5.10 Å². The van der Waals surface area contributed by atoms with E-state index < -0.39 is 16.0 Å². The number of para-hydroxylation sites is 1. The predicted molar refractivity (Wildman–Crippen MR) is 102 cm³/mol. The maximum Gasteiger partial charge on any atom is 0.339 e. The van der Waals surface area contributed by atoms with E-state index in [1.54, 1.807) is 25.6 Å². The van der Waals surface area contributed by atoms with Gasteiger partial charge in [-0.15, -0.1) is 0 Å². The maximum absolute atomic E-state index is 13.1. The highest BCUT2D eigenvalue weighted by Gasteiger charge is 2.28. The molecule has 0 fully saturated rings. The molecule has 2 N–H and O–H groups in total. The second kappa shape index (κ2) is 7.99. The highest BCUT2D eigenvalue weighted by molar-refractivity contribution is 7.92. The molecule has 1 aromatic heterocycles. The molecule has 0 radical (unpaired) electrons. The van der Waals surface area contributed by atoms with Crippen LogP contribution in [0.5, 0.6) is 5.75 Å². The van der Waals surface area contributed by atoms with E-state index in [0.29, 0.717) is 24.2 Å². The molecule has 0 bridgehead atoms. The molecule has 0 unspecified atom stereocenters. The van der Waals surface area contributed by atoms with E-state index in [1.807, 2.05) is 13.8 Å². The Morgan fingerprint density at radius 1 is 1.30 bits per heavy atom. The molecule has 1 heterocycles. The molecule has 8 nitrogen and oxygen atoms in total. The quantitative estimate of drug-likeness (QED) is 0.711. The lowest BCUT2D eigenvalue weighted by Gasteiger charge is -2.18. The van der Waals surface area contributed by atoms with Gasteiger partial charge >= 0.3 is 5.97 Å². The average Bonchev–Trinajstić information content (AvgIpc) is 2.92. The van der Waals surface area contributed by atoms with Gasteiger partial charge < -0.3 is 9.84 Å². The number of aromatic nitrogens is 2. The summed E-state index contributed by atoms with van der Waals surface area (Å²) < 4.78 is 35.9. The third-order valence-electron chi connectivity index (χ3n) is 3.97. The largest absolute Gasteiger partial charge is 0.488 e. The molecule has 0 saturated heterocycles. The summed E-state index contributed by atoms with van der Waals surface area (Å²) in [6.45, 7) is 7.16. The number of benzene rings is 1. The first kappa shape index (κ1) is 20.8. The van der Waals surface area contributed by atoms with Crippen molar-refractivity contribution in [3.05, 3.63) is 35.2 Å². The number of hydrogen-bond donors (Lipinski definition) is 2. The Kier molecular flexibility index (Phi) is 6.15. The van der Waals surface area contributed by atoms with Crippen LogP contribution in [0, 0.1) is 0 Å². The third kappa shape index (κ3) is 4.24. The highest BCUT2D eigenvalue weighted by Crippen LogP contribution is 2.33. The first-order valence-electron chi connectivity index (χ1n) is 8.72. The number of rotatable bonds is 8. The summed E-state index contributed by atoms with van der Waals surface area (Å²) in [5.41, 5.74) is 1.01. The summed E-state index contributed by atoms with van der Waals surface area (Å²) in [4.78, 5) is 11.7. The Balaban J connectivity index is 2.60. The molecule has 0 amide bonds. The van der Waals surface area contributed by atoms with Crippen LogP contribution in [-0.2, 0) is 29.9 Å². The lowest BCUT2D eigenvalue weighted by Crippen LogP contribution is -2.19. The number of ether oxygens (including phenoxy) is 1. The van der Waals surface area contributed by atoms with E-state index in [-0.39, 0.29) is 28.0 Å². The van der Waals surface area contributed by atoms with E-state index in [9.17, 15) is 18.3 Å². The van der Waals surface area contributed by atoms with Crippen molar-refractivity contribution >= 4 is 21.7 Å². The molecule has 1 aromatic carbocycles. The molecular weight excluding hydrogens is 370 g/mol. The molecule has 9 heteroatoms. The van der Waals surface area contributed by atoms with Gasteiger partial charge in [-0.25, -0.2) is 13.2 Å². The van der Waals surface area contributed by atoms with Crippen LogP contribution in [0.25, 0.3) is 0 Å². The van der Waals surface area contributed by atoms with Crippen molar-refractivity contribution in [2.45, 2.75) is 51.5 Å². The number of aromatic carboxylic acids is 1. The Bertz CT molecular complexity index is 948. The number of nitrogens with zero attached hydrogens (tertiary/aromatic N) is 2. The second-order valence-corrected chi connectivity index (χ2v) is 7.93. The van der Waals surface area contributed by atoms with E-state index in [4.69, 9.17) is 4.74 Å². The SMILES string of the molecule is CCc1nn(C)c(CC)c1S(=O)(=O)Nc1cccc(C(=O)O)c1OC(C)C. The van der Waals surface area contributed by atoms with Gasteiger partial charge in [-0.1, -0.05) is 19.9 Å². The normalized spacial score (nSPS) is 11.6. The van der Waals surface area contributed by atoms with Crippen molar-refractivity contribution in [2.24, 2.45) is 7.05 Å². The summed E-state index contributed by atoms with van der Waals surface area (Å²) in [5.74, 6) is -1.21. The molecule has 0 saturated carbocycles. The van der Waals surface area contributed by atoms with E-state index >= 15 is 0 Å². The minimum Gasteiger partial charge on any atom is -0.488 e. The van der Waals surface area contributed by atoms with Crippen LogP contribution >= 0.6 is 0 Å². The van der Waals surface area contributed by atoms with Crippen LogP contribution in [0.2, 0.25) is 0 Å². The number of carbonyl (C=O) groups is 1. The molecule has 148 valence electrons. The lowest BCUT2D eigenvalue weighted by atomic mass is 10.1. The van der Waals surface area contributed by atoms with Gasteiger partial charge in [0.25, 0.3) is 10.0 Å². The molecule has 0 aliphatic rings. The number of sulfonamides is 1. The number of hydrogen-bond acceptors (Lipinski definition) is 5. The number of aryl methyl sites for hydroxylation is 2. The van der Waals surface area contributed by atoms with E-state index in [1.165, 1.54) is 18.2 Å². The van der Waals surface area contributed by atoms with Crippen molar-refractivity contribution < 1.29 is 23.1 Å². The summed E-state index contributed by atoms with van der Waals surface area (Å²) in [5, 5.41) is 13.7. The fourth-order valence-electron chi connectivity index (χ4n) is 2.88. The number of carboxylic acids is 1. The standard InChI is InChI=1S/C18H25N3O5S/c1-6-13-17(15(7-2)21(5)19-13)27(24,25)20-14-10-8-9-12(18(22)23)16(14)26-11(3)4/h8-11,20H,6-7H2,1-5H3,(H,22,23). The lowest BCUT2D eigenvalue weighted by molar-refractivity contribution is 0.0690. The molecule has 2 aromatic rings. The van der Waals surface area contributed by atoms with Crippen molar-refractivity contribution in [3.8, 4) is 5.75 Å². The maximum atomic E-state index is 13.1. The molecule has 0 aliphatic carbocycles. The second-order valence-electron chi connectivity index (χ2n) is 6.31. The van der Waals surface area contributed by atoms with Gasteiger partial charge in [0.05, 0.1) is 23.2 Å². The summed E-state index contributed by atoms with van der Waals surface area (Å²) in [7, 11) is -2.28. The van der Waals surface area contributed by atoms with Crippen LogP contribution in [0.4, 0.5) is 5.69 Å². The molecule has 27 heavy (non-hydrogen) atoms. The third-order valence-corrected chi connectivity index (χ3v) is 5.46. The van der Waals surface area contributed by atoms with E-state index in [2.05, 4.69) is 9.82 Å². The topological polar surface area (TPSA) is 111 Å². The van der Waals surface area contributed by atoms with Crippen molar-refractivity contribution in [1.82, 2.24) is 9.78 Å². The molecule has 0 spiro atoms. The Hall–Kier alpha value is -2.55. The zero-order chi connectivity index (χ0) is 20.4. The zero-order valence-electron chi connectivity index (χ0n) is 16.1. The van der Waals surface area contributed by atoms with Gasteiger partial charge in [0.1, 0.15) is 10.5 Å². The molecule has 0 atom stereocenters. The summed E-state index contributed by atoms with van der Waals surface area (Å²) in [6.07, 6.45) is 0.614. The van der Waals surface area contributed by atoms with Crippen LogP contribution < -0.4 is 9.46 Å². The number of anilines is 1. The van der Waals surface area contributed by atoms with E-state index in [0.717, 1.165) is 0 Å². The number of carboxylic acid groups (broad SMARTS) is 1. The first-order chi connectivity index (χ1) is 12.6. The molecule has 2 rings (SSSR count). The Morgan fingerprint density at radius 2 is 1.96 bits per heavy atom. The van der Waals surface area contributed by atoms with Crippen molar-refractivity contribution in [1.29, 1.82) is 0 Å². The molecular formula is C18H25N3O5S. The average molecular weight is 395 g/mol. The zero-order valence-corrected chi connectivity index (χ0v) is 16.9. The summed E-state index contributed by atoms with van der Waals surface area (Å²) >= 11 is 0. The van der Waals surface area contributed by atoms with Crippen LogP contribution in [0.3, 0.4) is 0 Å². The van der Waals surface area contributed by atoms with Gasteiger partial charge in [0, 0.05) is 7.05 Å². The minimum atomic E-state index is -3.99. The Labute approximate surface area is 159 Å². The van der Waals surface area contributed by atoms with Crippen molar-refractivity contribution in [2.75, 3.05) is 4.72 Å². The predicted octanol–water partition coefficient (Wildman–Crippen LogP) is 2.83. The first-order valence-corrected chi connectivity index (χ1v) is 10.2. The number of nitrogens with one attached hydrogen (secondary N) is 1. The fourth-order valence-corrected chi connectivity index (χ4v) is 4.51. The monoisotopic (exact) mass is 395 g/mol. The van der Waals surface area contributed by atoms with Crippen LogP contribution in [-0.4, -0.2) is 35.4 Å². The Morgan fingerprint density at radius 3 is 2.48 bits per heavy atom. The van der Waals surface area contributed by atoms with Gasteiger partial charge in [-0.3, -0.25) is 9.40 Å². The van der Waals surface area contributed by atoms with Gasteiger partial charge in [0.2, 0.25) is 0 Å². The summed E-state index contributed by atoms with van der Waals surface area (Å²) in [6, 6.07) is 4.32. The highest BCUT2D eigenvalue weighted by atomic mass is 32.2.